The van der Waals surface area contributed by atoms with Gasteiger partial charge in [0.05, 0.1) is 23.6 Å². The predicted molar refractivity (Wildman–Crippen MR) is 164 cm³/mol. The molecule has 1 amide bonds. The molecule has 0 saturated heterocycles. The summed E-state index contributed by atoms with van der Waals surface area (Å²) in [6.45, 7) is 8.12. The van der Waals surface area contributed by atoms with Crippen molar-refractivity contribution in [1.29, 1.82) is 0 Å². The van der Waals surface area contributed by atoms with Crippen LogP contribution in [0.25, 0.3) is 0 Å². The first kappa shape index (κ1) is 30.2. The zero-order valence-corrected chi connectivity index (χ0v) is 26.0. The number of amides is 1. The van der Waals surface area contributed by atoms with Gasteiger partial charge in [-0.25, -0.2) is 13.1 Å². The summed E-state index contributed by atoms with van der Waals surface area (Å²) in [5, 5.41) is 12.2. The lowest BCUT2D eigenvalue weighted by atomic mass is 9.63. The highest BCUT2D eigenvalue weighted by Gasteiger charge is 2.45. The SMILES string of the molecule is CCCc1cc(Cl)ccc1[C@]1(C)COc2ccc3cc2N(C[C@@H]2CC[C@H]2[C@@](C)(O)CCCCCS(=O)(=O)NC3=O)C1. The Balaban J connectivity index is 1.57. The van der Waals surface area contributed by atoms with E-state index in [9.17, 15) is 18.3 Å². The molecule has 224 valence electrons. The number of hydrogen-bond donors (Lipinski definition) is 2. The number of hydrogen-bond acceptors (Lipinski definition) is 6. The molecule has 1 fully saturated rings. The van der Waals surface area contributed by atoms with Gasteiger partial charge in [-0.15, -0.1) is 0 Å². The van der Waals surface area contributed by atoms with E-state index in [-0.39, 0.29) is 22.6 Å². The second kappa shape index (κ2) is 11.8. The van der Waals surface area contributed by atoms with Gasteiger partial charge < -0.3 is 14.7 Å². The van der Waals surface area contributed by atoms with Crippen LogP contribution in [0, 0.1) is 11.8 Å². The van der Waals surface area contributed by atoms with E-state index in [4.69, 9.17) is 16.3 Å². The van der Waals surface area contributed by atoms with Crippen LogP contribution in [0.15, 0.2) is 36.4 Å². The Morgan fingerprint density at radius 3 is 2.66 bits per heavy atom. The highest BCUT2D eigenvalue weighted by atomic mass is 35.5. The van der Waals surface area contributed by atoms with Gasteiger partial charge in [-0.3, -0.25) is 4.79 Å². The lowest BCUT2D eigenvalue weighted by Gasteiger charge is -2.48. The molecular weight excluding hydrogens is 560 g/mol. The molecule has 0 radical (unpaired) electrons. The number of rotatable bonds is 3. The Bertz CT molecular complexity index is 1390. The van der Waals surface area contributed by atoms with Crippen molar-refractivity contribution in [3.05, 3.63) is 58.1 Å². The number of nitrogens with zero attached hydrogens (tertiary/aromatic N) is 1. The number of sulfonamides is 1. The number of aliphatic hydroxyl groups is 1. The number of ether oxygens (including phenoxy) is 1. The summed E-state index contributed by atoms with van der Waals surface area (Å²) in [6, 6.07) is 11.3. The standard InChI is InChI=1S/C32H43ClN2O5S/c1-4-8-22-17-25(33)11-13-26(22)31(2)20-35-19-24-9-12-27(24)32(3,37)15-6-5-7-16-41(38,39)34-30(36)23-10-14-29(40-21-31)28(35)18-23/h10-11,13-14,17-18,24,27,37H,4-9,12,15-16,19-21H2,1-3H3,(H,34,36)/t24-,27+,31-,32-/m0/s1. The Morgan fingerprint density at radius 1 is 1.12 bits per heavy atom. The van der Waals surface area contributed by atoms with Gasteiger partial charge >= 0.3 is 0 Å². The van der Waals surface area contributed by atoms with E-state index in [2.05, 4.69) is 35.6 Å². The molecule has 2 aromatic carbocycles. The smallest absolute Gasteiger partial charge is 0.264 e. The van der Waals surface area contributed by atoms with E-state index in [1.54, 1.807) is 18.2 Å². The van der Waals surface area contributed by atoms with Crippen molar-refractivity contribution in [3.63, 3.8) is 0 Å². The summed E-state index contributed by atoms with van der Waals surface area (Å²) in [7, 11) is -3.77. The lowest BCUT2D eigenvalue weighted by Crippen LogP contribution is -2.51. The molecule has 41 heavy (non-hydrogen) atoms. The first-order chi connectivity index (χ1) is 19.4. The number of nitrogens with one attached hydrogen (secondary N) is 1. The second-order valence-corrected chi connectivity index (χ2v) is 15.1. The first-order valence-electron chi connectivity index (χ1n) is 15.0. The van der Waals surface area contributed by atoms with Crippen molar-refractivity contribution in [2.24, 2.45) is 11.8 Å². The number of aryl methyl sites for hydroxylation is 1. The third-order valence-electron chi connectivity index (χ3n) is 9.40. The van der Waals surface area contributed by atoms with Crippen LogP contribution in [0.5, 0.6) is 5.75 Å². The molecule has 2 N–H and O–H groups in total. The summed E-state index contributed by atoms with van der Waals surface area (Å²) >= 11 is 6.41. The summed E-state index contributed by atoms with van der Waals surface area (Å²) in [6.07, 6.45) is 6.42. The van der Waals surface area contributed by atoms with Crippen molar-refractivity contribution in [1.82, 2.24) is 4.72 Å². The number of carbonyl (C=O) groups is 1. The van der Waals surface area contributed by atoms with Crippen LogP contribution >= 0.6 is 11.6 Å². The molecule has 2 heterocycles. The lowest BCUT2D eigenvalue weighted by molar-refractivity contribution is -0.0742. The third kappa shape index (κ3) is 6.55. The summed E-state index contributed by atoms with van der Waals surface area (Å²) in [5.41, 5.74) is 2.29. The zero-order valence-electron chi connectivity index (χ0n) is 24.4. The minimum atomic E-state index is -3.77. The van der Waals surface area contributed by atoms with Crippen LogP contribution in [-0.4, -0.2) is 50.5 Å². The maximum absolute atomic E-state index is 13.1. The Kier molecular flexibility index (Phi) is 8.66. The average molecular weight is 603 g/mol. The monoisotopic (exact) mass is 602 g/mol. The first-order valence-corrected chi connectivity index (χ1v) is 17.0. The van der Waals surface area contributed by atoms with Gasteiger partial charge in [-0.2, -0.15) is 0 Å². The van der Waals surface area contributed by atoms with Crippen molar-refractivity contribution in [2.75, 3.05) is 30.3 Å². The van der Waals surface area contributed by atoms with Crippen molar-refractivity contribution in [2.45, 2.75) is 83.2 Å². The van der Waals surface area contributed by atoms with Gasteiger partial charge in [0.25, 0.3) is 5.91 Å². The van der Waals surface area contributed by atoms with E-state index in [1.165, 1.54) is 11.1 Å². The van der Waals surface area contributed by atoms with Crippen molar-refractivity contribution in [3.8, 4) is 5.75 Å². The van der Waals surface area contributed by atoms with Gasteiger partial charge in [0.1, 0.15) is 5.75 Å². The van der Waals surface area contributed by atoms with Crippen LogP contribution in [0.4, 0.5) is 5.69 Å². The third-order valence-corrected chi connectivity index (χ3v) is 11.0. The summed E-state index contributed by atoms with van der Waals surface area (Å²) in [5.74, 6) is 0.385. The number of benzene rings is 2. The molecule has 3 aliphatic rings. The average Bonchev–Trinajstić information content (AvgIpc) is 3.02. The largest absolute Gasteiger partial charge is 0.490 e. The zero-order chi connectivity index (χ0) is 29.4. The molecule has 2 aromatic rings. The number of halogens is 1. The maximum atomic E-state index is 13.1. The molecule has 1 aliphatic carbocycles. The van der Waals surface area contributed by atoms with Crippen molar-refractivity contribution >= 4 is 33.2 Å². The van der Waals surface area contributed by atoms with Crippen LogP contribution < -0.4 is 14.4 Å². The van der Waals surface area contributed by atoms with E-state index in [0.717, 1.165) is 37.8 Å². The van der Waals surface area contributed by atoms with Gasteiger partial charge in [-0.05, 0) is 92.3 Å². The Labute approximate surface area is 249 Å². The summed E-state index contributed by atoms with van der Waals surface area (Å²) in [4.78, 5) is 15.4. The van der Waals surface area contributed by atoms with Gasteiger partial charge in [-0.1, -0.05) is 50.8 Å². The molecule has 0 aromatic heterocycles. The fourth-order valence-electron chi connectivity index (χ4n) is 7.05. The van der Waals surface area contributed by atoms with E-state index < -0.39 is 21.5 Å². The number of carbonyl (C=O) groups excluding carboxylic acids is 1. The van der Waals surface area contributed by atoms with E-state index >= 15 is 0 Å². The molecule has 5 rings (SSSR count). The fourth-order valence-corrected chi connectivity index (χ4v) is 8.33. The van der Waals surface area contributed by atoms with Gasteiger partial charge in [0.2, 0.25) is 10.0 Å². The maximum Gasteiger partial charge on any atom is 0.264 e. The minimum Gasteiger partial charge on any atom is -0.490 e. The van der Waals surface area contributed by atoms with Crippen LogP contribution in [-0.2, 0) is 21.9 Å². The van der Waals surface area contributed by atoms with Crippen LogP contribution in [0.3, 0.4) is 0 Å². The number of fused-ring (bicyclic) bond motifs is 2. The molecule has 0 spiro atoms. The predicted octanol–water partition coefficient (Wildman–Crippen LogP) is 5.86. The Morgan fingerprint density at radius 2 is 1.93 bits per heavy atom. The van der Waals surface area contributed by atoms with Gasteiger partial charge in [0.15, 0.2) is 0 Å². The molecule has 2 aliphatic heterocycles. The molecule has 4 atom stereocenters. The molecule has 7 nitrogen and oxygen atoms in total. The van der Waals surface area contributed by atoms with Crippen molar-refractivity contribution < 1.29 is 23.1 Å². The highest BCUT2D eigenvalue weighted by molar-refractivity contribution is 7.90. The fraction of sp³-hybridized carbons (Fsp3) is 0.594. The second-order valence-electron chi connectivity index (χ2n) is 12.8. The van der Waals surface area contributed by atoms with E-state index in [1.807, 2.05) is 13.0 Å². The molecule has 2 bridgehead atoms. The molecule has 0 unspecified atom stereocenters. The molecule has 9 heteroatoms. The Hall–Kier alpha value is -2.29. The highest BCUT2D eigenvalue weighted by Crippen LogP contribution is 2.47. The van der Waals surface area contributed by atoms with E-state index in [0.29, 0.717) is 55.6 Å². The minimum absolute atomic E-state index is 0.118. The topological polar surface area (TPSA) is 95.9 Å². The summed E-state index contributed by atoms with van der Waals surface area (Å²) < 4.78 is 34.1. The van der Waals surface area contributed by atoms with Gasteiger partial charge in [0, 0.05) is 29.1 Å². The normalized spacial score (nSPS) is 30.3. The van der Waals surface area contributed by atoms with Crippen LogP contribution in [0.2, 0.25) is 5.02 Å². The number of anilines is 1. The quantitative estimate of drug-likeness (QED) is 0.457. The van der Waals surface area contributed by atoms with Crippen LogP contribution in [0.1, 0.15) is 87.2 Å². The molecular formula is C32H43ClN2O5S. The molecule has 1 saturated carbocycles.